The fourth-order valence-electron chi connectivity index (χ4n) is 4.69. The molecule has 2 atom stereocenters. The number of carbonyl (C=O) groups is 2. The average molecular weight is 486 g/mol. The van der Waals surface area contributed by atoms with Crippen molar-refractivity contribution < 1.29 is 14.3 Å². The molecule has 176 valence electrons. The standard InChI is InChI=1S/C26H23N5O3S/c27-18-7-4-8-19(18)29-24(32)23-22-21-20(13-14-28-25(21)35-23)31(26(33)30-22)15-9-11-17(12-10-15)34-16-5-2-1-3-6-16/h1-3,5-6,9-14,18-19H,4,7-8,27H2,(H,29,32)(H,30,33)/t18?,19-/m1/s1. The van der Waals surface area contributed by atoms with Crippen LogP contribution in [0.5, 0.6) is 11.5 Å². The number of hydrogen-bond acceptors (Lipinski definition) is 6. The molecule has 3 amide bonds. The van der Waals surface area contributed by atoms with Crippen LogP contribution in [0.1, 0.15) is 28.9 Å². The first-order valence-electron chi connectivity index (χ1n) is 11.5. The van der Waals surface area contributed by atoms with Crippen LogP contribution < -0.4 is 26.0 Å². The van der Waals surface area contributed by atoms with Gasteiger partial charge in [0, 0.05) is 18.3 Å². The minimum Gasteiger partial charge on any atom is -0.457 e. The van der Waals surface area contributed by atoms with Gasteiger partial charge in [0.2, 0.25) is 0 Å². The van der Waals surface area contributed by atoms with Gasteiger partial charge >= 0.3 is 6.03 Å². The van der Waals surface area contributed by atoms with Crippen LogP contribution in [0.4, 0.5) is 21.9 Å². The Kier molecular flexibility index (Phi) is 5.35. The quantitative estimate of drug-likeness (QED) is 0.352. The molecule has 0 saturated heterocycles. The number of aromatic nitrogens is 1. The maximum atomic E-state index is 13.3. The fourth-order valence-corrected chi connectivity index (χ4v) is 5.71. The van der Waals surface area contributed by atoms with Crippen LogP contribution in [0.3, 0.4) is 0 Å². The number of benzene rings is 2. The summed E-state index contributed by atoms with van der Waals surface area (Å²) >= 11 is 1.27. The molecule has 6 rings (SSSR count). The van der Waals surface area contributed by atoms with Crippen LogP contribution in [0.15, 0.2) is 66.9 Å². The first-order chi connectivity index (χ1) is 17.1. The van der Waals surface area contributed by atoms with Gasteiger partial charge in [-0.15, -0.1) is 11.3 Å². The van der Waals surface area contributed by atoms with E-state index in [-0.39, 0.29) is 24.0 Å². The van der Waals surface area contributed by atoms with Crippen LogP contribution in [-0.2, 0) is 0 Å². The summed E-state index contributed by atoms with van der Waals surface area (Å²) in [6, 6.07) is 18.2. The molecule has 35 heavy (non-hydrogen) atoms. The summed E-state index contributed by atoms with van der Waals surface area (Å²) in [5.74, 6) is 1.17. The summed E-state index contributed by atoms with van der Waals surface area (Å²) in [4.78, 5) is 33.6. The zero-order valence-corrected chi connectivity index (χ0v) is 19.5. The topological polar surface area (TPSA) is 110 Å². The van der Waals surface area contributed by atoms with Crippen LogP contribution >= 0.6 is 11.3 Å². The predicted octanol–water partition coefficient (Wildman–Crippen LogP) is 5.38. The highest BCUT2D eigenvalue weighted by Gasteiger charge is 2.34. The highest BCUT2D eigenvalue weighted by atomic mass is 32.1. The lowest BCUT2D eigenvalue weighted by Crippen LogP contribution is -2.44. The molecule has 9 heteroatoms. The predicted molar refractivity (Wildman–Crippen MR) is 137 cm³/mol. The number of thiophene rings is 1. The van der Waals surface area contributed by atoms with E-state index in [4.69, 9.17) is 10.5 Å². The van der Waals surface area contributed by atoms with E-state index in [2.05, 4.69) is 15.6 Å². The van der Waals surface area contributed by atoms with Crippen LogP contribution in [0.2, 0.25) is 0 Å². The molecule has 2 aliphatic rings. The molecule has 2 aromatic heterocycles. The van der Waals surface area contributed by atoms with Crippen LogP contribution in [-0.4, -0.2) is 29.0 Å². The SMILES string of the molecule is NC1CCC[C@H]1NC(=O)c1sc2nccc3c2c1NC(=O)N3c1ccc(Oc2ccccc2)cc1. The molecule has 0 bridgehead atoms. The third-order valence-corrected chi connectivity index (χ3v) is 7.51. The molecule has 8 nitrogen and oxygen atoms in total. The Morgan fingerprint density at radius 1 is 1.09 bits per heavy atom. The number of nitrogens with zero attached hydrogens (tertiary/aromatic N) is 2. The van der Waals surface area contributed by atoms with Gasteiger partial charge in [0.15, 0.2) is 0 Å². The maximum Gasteiger partial charge on any atom is 0.331 e. The molecule has 0 spiro atoms. The summed E-state index contributed by atoms with van der Waals surface area (Å²) < 4.78 is 5.87. The van der Waals surface area contributed by atoms with E-state index >= 15 is 0 Å². The van der Waals surface area contributed by atoms with E-state index in [0.717, 1.165) is 30.4 Å². The third-order valence-electron chi connectivity index (χ3n) is 6.41. The summed E-state index contributed by atoms with van der Waals surface area (Å²) in [6.07, 6.45) is 4.42. The number of nitrogens with one attached hydrogen (secondary N) is 2. The largest absolute Gasteiger partial charge is 0.457 e. The molecule has 2 aromatic carbocycles. The molecule has 0 radical (unpaired) electrons. The smallest absolute Gasteiger partial charge is 0.331 e. The first-order valence-corrected chi connectivity index (χ1v) is 12.3. The van der Waals surface area contributed by atoms with Crippen molar-refractivity contribution in [2.45, 2.75) is 31.3 Å². The highest BCUT2D eigenvalue weighted by Crippen LogP contribution is 2.46. The van der Waals surface area contributed by atoms with Gasteiger partial charge in [-0.2, -0.15) is 0 Å². The molecule has 1 fully saturated rings. The third kappa shape index (κ3) is 3.88. The van der Waals surface area contributed by atoms with Gasteiger partial charge in [-0.25, -0.2) is 9.78 Å². The van der Waals surface area contributed by atoms with E-state index in [0.29, 0.717) is 32.5 Å². The minimum absolute atomic E-state index is 0.0442. The Morgan fingerprint density at radius 3 is 2.60 bits per heavy atom. The van der Waals surface area contributed by atoms with Gasteiger partial charge < -0.3 is 21.1 Å². The molecule has 1 saturated carbocycles. The molecule has 3 heterocycles. The molecule has 4 N–H and O–H groups in total. The van der Waals surface area contributed by atoms with Gasteiger partial charge in [-0.3, -0.25) is 9.69 Å². The van der Waals surface area contributed by atoms with Gasteiger partial charge in [-0.05, 0) is 61.7 Å². The number of urea groups is 1. The second-order valence-corrected chi connectivity index (χ2v) is 9.66. The van der Waals surface area contributed by atoms with Crippen molar-refractivity contribution in [1.82, 2.24) is 10.3 Å². The Balaban J connectivity index is 1.32. The van der Waals surface area contributed by atoms with Crippen molar-refractivity contribution in [3.05, 3.63) is 71.7 Å². The normalized spacial score (nSPS) is 19.0. The second-order valence-electron chi connectivity index (χ2n) is 8.67. The summed E-state index contributed by atoms with van der Waals surface area (Å²) in [7, 11) is 0. The highest BCUT2D eigenvalue weighted by molar-refractivity contribution is 7.21. The first kappa shape index (κ1) is 21.6. The number of carbonyl (C=O) groups excluding carboxylic acids is 2. The van der Waals surface area contributed by atoms with E-state index < -0.39 is 0 Å². The molecule has 1 aliphatic heterocycles. The second kappa shape index (κ2) is 8.68. The van der Waals surface area contributed by atoms with Crippen molar-refractivity contribution in [2.24, 2.45) is 5.73 Å². The van der Waals surface area contributed by atoms with Gasteiger partial charge in [-0.1, -0.05) is 18.2 Å². The van der Waals surface area contributed by atoms with Crippen LogP contribution in [0.25, 0.3) is 10.2 Å². The lowest BCUT2D eigenvalue weighted by atomic mass is 10.1. The average Bonchev–Trinajstić information content (AvgIpc) is 3.44. The number of para-hydroxylation sites is 1. The van der Waals surface area contributed by atoms with Gasteiger partial charge in [0.25, 0.3) is 5.91 Å². The van der Waals surface area contributed by atoms with Gasteiger partial charge in [0.05, 0.1) is 22.4 Å². The molecule has 4 aromatic rings. The van der Waals surface area contributed by atoms with Crippen molar-refractivity contribution in [3.63, 3.8) is 0 Å². The lowest BCUT2D eigenvalue weighted by molar-refractivity contribution is 0.0939. The van der Waals surface area contributed by atoms with E-state index in [1.54, 1.807) is 17.2 Å². The zero-order valence-electron chi connectivity index (χ0n) is 18.7. The lowest BCUT2D eigenvalue weighted by Gasteiger charge is -2.28. The number of rotatable bonds is 5. The monoisotopic (exact) mass is 485 g/mol. The summed E-state index contributed by atoms with van der Waals surface area (Å²) in [5, 5.41) is 6.73. The van der Waals surface area contributed by atoms with Crippen molar-refractivity contribution in [2.75, 3.05) is 10.2 Å². The summed E-state index contributed by atoms with van der Waals surface area (Å²) in [6.45, 7) is 0. The summed E-state index contributed by atoms with van der Waals surface area (Å²) in [5.41, 5.74) is 7.99. The fraction of sp³-hybridized carbons (Fsp3) is 0.192. The Morgan fingerprint density at radius 2 is 1.86 bits per heavy atom. The van der Waals surface area contributed by atoms with Gasteiger partial charge in [0.1, 0.15) is 21.2 Å². The Bertz CT molecular complexity index is 1420. The Labute approximate surface area is 205 Å². The number of pyridine rings is 1. The van der Waals surface area contributed by atoms with E-state index in [1.807, 2.05) is 54.6 Å². The minimum atomic E-state index is -0.341. The van der Waals surface area contributed by atoms with Crippen molar-refractivity contribution in [3.8, 4) is 11.5 Å². The van der Waals surface area contributed by atoms with Crippen molar-refractivity contribution >= 4 is 50.6 Å². The Hall–Kier alpha value is -3.95. The number of amides is 3. The van der Waals surface area contributed by atoms with Crippen molar-refractivity contribution in [1.29, 1.82) is 0 Å². The zero-order chi connectivity index (χ0) is 23.9. The number of hydrogen-bond donors (Lipinski definition) is 3. The number of nitrogens with two attached hydrogens (primary N) is 1. The molecular formula is C26H23N5O3S. The van der Waals surface area contributed by atoms with E-state index in [1.165, 1.54) is 11.3 Å². The number of anilines is 3. The van der Waals surface area contributed by atoms with Crippen LogP contribution in [0, 0.1) is 0 Å². The maximum absolute atomic E-state index is 13.3. The molecule has 1 aliphatic carbocycles. The number of ether oxygens (including phenoxy) is 1. The molecular weight excluding hydrogens is 462 g/mol. The molecule has 1 unspecified atom stereocenters. The van der Waals surface area contributed by atoms with E-state index in [9.17, 15) is 9.59 Å².